The molecular weight excluding hydrogens is 265 g/mol. The van der Waals surface area contributed by atoms with Gasteiger partial charge in [0.15, 0.2) is 0 Å². The van der Waals surface area contributed by atoms with Crippen LogP contribution in [0.5, 0.6) is 0 Å². The predicted molar refractivity (Wildman–Crippen MR) is 83.6 cm³/mol. The monoisotopic (exact) mass is 289 g/mol. The van der Waals surface area contributed by atoms with E-state index in [4.69, 9.17) is 5.73 Å². The number of hydrogen-bond acceptors (Lipinski definition) is 2. The van der Waals surface area contributed by atoms with Crippen molar-refractivity contribution in [1.82, 2.24) is 9.78 Å². The van der Waals surface area contributed by atoms with Crippen LogP contribution in [0, 0.1) is 12.7 Å². The van der Waals surface area contributed by atoms with Gasteiger partial charge in [-0.3, -0.25) is 4.68 Å². The van der Waals surface area contributed by atoms with E-state index >= 15 is 0 Å². The Morgan fingerprint density at radius 2 is 1.95 bits per heavy atom. The highest BCUT2D eigenvalue weighted by molar-refractivity contribution is 5.27. The Bertz CT molecular complexity index is 567. The molecule has 2 N–H and O–H groups in total. The third kappa shape index (κ3) is 3.91. The maximum absolute atomic E-state index is 13.5. The lowest BCUT2D eigenvalue weighted by Crippen LogP contribution is -2.15. The van der Waals surface area contributed by atoms with Gasteiger partial charge in [0.25, 0.3) is 0 Å². The van der Waals surface area contributed by atoms with Gasteiger partial charge in [-0.2, -0.15) is 5.10 Å². The van der Waals surface area contributed by atoms with Gasteiger partial charge in [-0.1, -0.05) is 19.9 Å². The van der Waals surface area contributed by atoms with E-state index in [1.165, 1.54) is 12.1 Å². The number of halogens is 1. The zero-order valence-electron chi connectivity index (χ0n) is 13.0. The van der Waals surface area contributed by atoms with Crippen molar-refractivity contribution in [3.8, 4) is 0 Å². The summed E-state index contributed by atoms with van der Waals surface area (Å²) in [5.74, 6) is -0.233. The quantitative estimate of drug-likeness (QED) is 0.875. The second kappa shape index (κ2) is 6.85. The molecule has 2 rings (SSSR count). The van der Waals surface area contributed by atoms with Crippen molar-refractivity contribution in [3.63, 3.8) is 0 Å². The first-order valence-electron chi connectivity index (χ1n) is 7.60. The van der Waals surface area contributed by atoms with E-state index in [1.807, 2.05) is 29.9 Å². The third-order valence-electron chi connectivity index (χ3n) is 3.90. The minimum atomic E-state index is -0.233. The maximum atomic E-state index is 13.5. The second-order valence-electron chi connectivity index (χ2n) is 5.63. The van der Waals surface area contributed by atoms with E-state index < -0.39 is 0 Å². The summed E-state index contributed by atoms with van der Waals surface area (Å²) in [5, 5.41) is 4.61. The fourth-order valence-electron chi connectivity index (χ4n) is 2.67. The molecule has 0 saturated heterocycles. The highest BCUT2D eigenvalue weighted by atomic mass is 19.1. The van der Waals surface area contributed by atoms with Crippen molar-refractivity contribution in [3.05, 3.63) is 53.1 Å². The molecule has 0 aliphatic carbocycles. The lowest BCUT2D eigenvalue weighted by molar-refractivity contribution is 0.424. The van der Waals surface area contributed by atoms with Crippen LogP contribution in [0.25, 0.3) is 0 Å². The molecule has 0 aliphatic rings. The molecule has 2 aromatic rings. The Kier molecular flexibility index (Phi) is 5.12. The van der Waals surface area contributed by atoms with Crippen molar-refractivity contribution in [1.29, 1.82) is 0 Å². The molecule has 21 heavy (non-hydrogen) atoms. The molecule has 1 unspecified atom stereocenters. The zero-order valence-corrected chi connectivity index (χ0v) is 13.0. The molecule has 0 radical (unpaired) electrons. The van der Waals surface area contributed by atoms with Crippen molar-refractivity contribution in [2.45, 2.75) is 52.1 Å². The van der Waals surface area contributed by atoms with E-state index in [-0.39, 0.29) is 11.9 Å². The first-order valence-corrected chi connectivity index (χ1v) is 7.60. The molecule has 1 aromatic carbocycles. The molecule has 1 heterocycles. The van der Waals surface area contributed by atoms with Gasteiger partial charge >= 0.3 is 0 Å². The largest absolute Gasteiger partial charge is 0.324 e. The number of nitrogens with zero attached hydrogens (tertiary/aromatic N) is 2. The van der Waals surface area contributed by atoms with Crippen LogP contribution in [0.1, 0.15) is 55.6 Å². The van der Waals surface area contributed by atoms with Crippen LogP contribution in [0.2, 0.25) is 0 Å². The molecule has 4 heteroatoms. The molecule has 0 aliphatic heterocycles. The van der Waals surface area contributed by atoms with E-state index in [1.54, 1.807) is 0 Å². The molecule has 0 saturated carbocycles. The Balaban J connectivity index is 2.10. The summed E-state index contributed by atoms with van der Waals surface area (Å²) in [7, 11) is 0. The second-order valence-corrected chi connectivity index (χ2v) is 5.63. The number of rotatable bonds is 6. The van der Waals surface area contributed by atoms with E-state index in [9.17, 15) is 4.39 Å². The van der Waals surface area contributed by atoms with Gasteiger partial charge in [-0.15, -0.1) is 0 Å². The summed E-state index contributed by atoms with van der Waals surface area (Å²) < 4.78 is 15.5. The Hall–Kier alpha value is -1.68. The predicted octanol–water partition coefficient (Wildman–Crippen LogP) is 3.93. The Labute approximate surface area is 126 Å². The smallest absolute Gasteiger partial charge is 0.123 e. The fraction of sp³-hybridized carbons (Fsp3) is 0.471. The third-order valence-corrected chi connectivity index (χ3v) is 3.90. The van der Waals surface area contributed by atoms with Gasteiger partial charge in [-0.05, 0) is 49.1 Å². The Morgan fingerprint density at radius 3 is 2.57 bits per heavy atom. The zero-order chi connectivity index (χ0) is 15.4. The SMILES string of the molecule is CCC(CC)n1ccc(CC(N)c2cc(C)cc(F)c2)n1. The van der Waals surface area contributed by atoms with Gasteiger partial charge in [-0.25, -0.2) is 4.39 Å². The molecular formula is C17H24FN3. The highest BCUT2D eigenvalue weighted by Crippen LogP contribution is 2.20. The molecule has 3 nitrogen and oxygen atoms in total. The molecule has 0 amide bonds. The lowest BCUT2D eigenvalue weighted by Gasteiger charge is -2.14. The minimum absolute atomic E-state index is 0.232. The first kappa shape index (κ1) is 15.7. The van der Waals surface area contributed by atoms with Crippen LogP contribution in [0.3, 0.4) is 0 Å². The van der Waals surface area contributed by atoms with Crippen LogP contribution in [-0.2, 0) is 6.42 Å². The summed E-state index contributed by atoms with van der Waals surface area (Å²) in [5.41, 5.74) is 8.87. The van der Waals surface area contributed by atoms with Gasteiger partial charge in [0, 0.05) is 18.7 Å². The fourth-order valence-corrected chi connectivity index (χ4v) is 2.67. The molecule has 1 aromatic heterocycles. The van der Waals surface area contributed by atoms with Crippen LogP contribution < -0.4 is 5.73 Å². The van der Waals surface area contributed by atoms with Crippen molar-refractivity contribution >= 4 is 0 Å². The van der Waals surface area contributed by atoms with Crippen molar-refractivity contribution in [2.24, 2.45) is 5.73 Å². The number of nitrogens with two attached hydrogens (primary N) is 1. The molecule has 114 valence electrons. The van der Waals surface area contributed by atoms with Crippen LogP contribution in [-0.4, -0.2) is 9.78 Å². The average Bonchev–Trinajstić information content (AvgIpc) is 2.87. The number of aromatic nitrogens is 2. The topological polar surface area (TPSA) is 43.8 Å². The molecule has 0 fully saturated rings. The molecule has 0 bridgehead atoms. The summed E-state index contributed by atoms with van der Waals surface area (Å²) in [6, 6.07) is 7.17. The normalized spacial score (nSPS) is 12.9. The van der Waals surface area contributed by atoms with Crippen LogP contribution in [0.4, 0.5) is 4.39 Å². The molecule has 0 spiro atoms. The van der Waals surface area contributed by atoms with Gasteiger partial charge in [0.1, 0.15) is 5.82 Å². The minimum Gasteiger partial charge on any atom is -0.324 e. The highest BCUT2D eigenvalue weighted by Gasteiger charge is 2.13. The van der Waals surface area contributed by atoms with E-state index in [0.717, 1.165) is 29.7 Å². The van der Waals surface area contributed by atoms with Crippen LogP contribution in [0.15, 0.2) is 30.5 Å². The van der Waals surface area contributed by atoms with Gasteiger partial charge < -0.3 is 5.73 Å². The Morgan fingerprint density at radius 1 is 1.24 bits per heavy atom. The maximum Gasteiger partial charge on any atom is 0.123 e. The summed E-state index contributed by atoms with van der Waals surface area (Å²) in [6.45, 7) is 6.20. The summed E-state index contributed by atoms with van der Waals surface area (Å²) in [6.07, 6.45) is 4.76. The summed E-state index contributed by atoms with van der Waals surface area (Å²) >= 11 is 0. The van der Waals surface area contributed by atoms with E-state index in [2.05, 4.69) is 18.9 Å². The number of hydrogen-bond donors (Lipinski definition) is 1. The van der Waals surface area contributed by atoms with Crippen molar-refractivity contribution in [2.75, 3.05) is 0 Å². The van der Waals surface area contributed by atoms with Gasteiger partial charge in [0.05, 0.1) is 11.7 Å². The van der Waals surface area contributed by atoms with Crippen LogP contribution >= 0.6 is 0 Å². The van der Waals surface area contributed by atoms with Crippen molar-refractivity contribution < 1.29 is 4.39 Å². The molecule has 1 atom stereocenters. The van der Waals surface area contributed by atoms with Gasteiger partial charge in [0.2, 0.25) is 0 Å². The standard InChI is InChI=1S/C17H24FN3/c1-4-16(5-2)21-7-6-15(20-21)11-17(19)13-8-12(3)9-14(18)10-13/h6-10,16-17H,4-5,11,19H2,1-3H3. The van der Waals surface area contributed by atoms with E-state index in [0.29, 0.717) is 12.5 Å². The number of aryl methyl sites for hydroxylation is 1. The summed E-state index contributed by atoms with van der Waals surface area (Å²) in [4.78, 5) is 0. The number of benzene rings is 1. The average molecular weight is 289 g/mol. The lowest BCUT2D eigenvalue weighted by atomic mass is 10.0. The first-order chi connectivity index (χ1) is 10.0.